The van der Waals surface area contributed by atoms with Crippen molar-refractivity contribution in [3.63, 3.8) is 0 Å². The minimum absolute atomic E-state index is 0.406. The summed E-state index contributed by atoms with van der Waals surface area (Å²) in [5.41, 5.74) is 7.90. The van der Waals surface area contributed by atoms with Crippen molar-refractivity contribution >= 4 is 11.3 Å². The van der Waals surface area contributed by atoms with Gasteiger partial charge in [-0.2, -0.15) is 0 Å². The quantitative estimate of drug-likeness (QED) is 0.749. The highest BCUT2D eigenvalue weighted by Gasteiger charge is 2.27. The molecule has 2 nitrogen and oxygen atoms in total. The summed E-state index contributed by atoms with van der Waals surface area (Å²) in [5, 5.41) is 0. The van der Waals surface area contributed by atoms with Crippen LogP contribution in [0.4, 0.5) is 0 Å². The highest BCUT2D eigenvalue weighted by atomic mass is 32.1. The predicted octanol–water partition coefficient (Wildman–Crippen LogP) is 2.37. The van der Waals surface area contributed by atoms with E-state index in [4.69, 9.17) is 5.73 Å². The van der Waals surface area contributed by atoms with Crippen LogP contribution >= 0.6 is 11.3 Å². The summed E-state index contributed by atoms with van der Waals surface area (Å²) in [6.07, 6.45) is 5.60. The molecule has 3 heteroatoms. The first-order valence-electron chi connectivity index (χ1n) is 4.91. The van der Waals surface area contributed by atoms with Gasteiger partial charge >= 0.3 is 0 Å². The number of nitrogens with two attached hydrogens (primary N) is 1. The normalized spacial score (nSPS) is 34.8. The van der Waals surface area contributed by atoms with Crippen molar-refractivity contribution in [2.75, 3.05) is 0 Å². The monoisotopic (exact) mass is 196 g/mol. The number of nitrogens with zero attached hydrogens (tertiary/aromatic N) is 1. The average Bonchev–Trinajstić information content (AvgIpc) is 2.61. The lowest BCUT2D eigenvalue weighted by Crippen LogP contribution is -2.30. The van der Waals surface area contributed by atoms with Crippen molar-refractivity contribution in [1.29, 1.82) is 0 Å². The molecule has 1 fully saturated rings. The SMILES string of the molecule is CC1CCC(N)CC1c1cncs1. The van der Waals surface area contributed by atoms with Crippen molar-refractivity contribution in [2.45, 2.75) is 38.1 Å². The second-order valence-corrected chi connectivity index (χ2v) is 4.98. The average molecular weight is 196 g/mol. The molecular formula is C10H16N2S. The number of hydrogen-bond acceptors (Lipinski definition) is 3. The van der Waals surface area contributed by atoms with Gasteiger partial charge in [-0.25, -0.2) is 0 Å². The number of hydrogen-bond donors (Lipinski definition) is 1. The topological polar surface area (TPSA) is 38.9 Å². The third kappa shape index (κ3) is 1.92. The molecule has 1 heterocycles. The lowest BCUT2D eigenvalue weighted by atomic mass is 9.78. The molecule has 1 saturated carbocycles. The fourth-order valence-electron chi connectivity index (χ4n) is 2.16. The van der Waals surface area contributed by atoms with Crippen LogP contribution < -0.4 is 5.73 Å². The van der Waals surface area contributed by atoms with Crippen LogP contribution in [0, 0.1) is 5.92 Å². The van der Waals surface area contributed by atoms with Gasteiger partial charge in [-0.05, 0) is 31.1 Å². The minimum atomic E-state index is 0.406. The van der Waals surface area contributed by atoms with Gasteiger partial charge in [0.05, 0.1) is 5.51 Å². The summed E-state index contributed by atoms with van der Waals surface area (Å²) in [6, 6.07) is 0.406. The Morgan fingerprint density at radius 1 is 1.54 bits per heavy atom. The Balaban J connectivity index is 2.12. The van der Waals surface area contributed by atoms with Crippen molar-refractivity contribution < 1.29 is 0 Å². The number of thiazole rings is 1. The van der Waals surface area contributed by atoms with E-state index in [1.165, 1.54) is 17.7 Å². The van der Waals surface area contributed by atoms with E-state index in [-0.39, 0.29) is 0 Å². The van der Waals surface area contributed by atoms with Crippen LogP contribution in [0.5, 0.6) is 0 Å². The zero-order valence-corrected chi connectivity index (χ0v) is 8.76. The maximum Gasteiger partial charge on any atom is 0.0794 e. The molecule has 13 heavy (non-hydrogen) atoms. The molecule has 0 radical (unpaired) electrons. The molecule has 72 valence electrons. The van der Waals surface area contributed by atoms with Crippen LogP contribution in [0.15, 0.2) is 11.7 Å². The second kappa shape index (κ2) is 3.76. The second-order valence-electron chi connectivity index (χ2n) is 4.06. The molecule has 0 bridgehead atoms. The summed E-state index contributed by atoms with van der Waals surface area (Å²) in [5.74, 6) is 1.44. The Labute approximate surface area is 83.2 Å². The highest BCUT2D eigenvalue weighted by molar-refractivity contribution is 7.09. The van der Waals surface area contributed by atoms with Crippen LogP contribution in [0.25, 0.3) is 0 Å². The fourth-order valence-corrected chi connectivity index (χ4v) is 3.03. The molecular weight excluding hydrogens is 180 g/mol. The molecule has 2 rings (SSSR count). The van der Waals surface area contributed by atoms with Crippen molar-refractivity contribution in [2.24, 2.45) is 11.7 Å². The van der Waals surface area contributed by atoms with Gasteiger partial charge in [0.1, 0.15) is 0 Å². The highest BCUT2D eigenvalue weighted by Crippen LogP contribution is 2.38. The number of rotatable bonds is 1. The smallest absolute Gasteiger partial charge is 0.0794 e. The largest absolute Gasteiger partial charge is 0.328 e. The van der Waals surface area contributed by atoms with Crippen molar-refractivity contribution in [3.8, 4) is 0 Å². The van der Waals surface area contributed by atoms with E-state index in [1.807, 2.05) is 11.7 Å². The van der Waals surface area contributed by atoms with E-state index >= 15 is 0 Å². The van der Waals surface area contributed by atoms with Crippen molar-refractivity contribution in [3.05, 3.63) is 16.6 Å². The summed E-state index contributed by atoms with van der Waals surface area (Å²) in [4.78, 5) is 5.55. The van der Waals surface area contributed by atoms with E-state index in [9.17, 15) is 0 Å². The van der Waals surface area contributed by atoms with Gasteiger partial charge in [0.25, 0.3) is 0 Å². The fraction of sp³-hybridized carbons (Fsp3) is 0.700. The van der Waals surface area contributed by atoms with E-state index in [1.54, 1.807) is 11.3 Å². The Morgan fingerprint density at radius 2 is 2.38 bits per heavy atom. The maximum atomic E-state index is 5.98. The van der Waals surface area contributed by atoms with Crippen LogP contribution in [0.1, 0.15) is 37.0 Å². The van der Waals surface area contributed by atoms with Crippen LogP contribution in [0.2, 0.25) is 0 Å². The Morgan fingerprint density at radius 3 is 3.08 bits per heavy atom. The van der Waals surface area contributed by atoms with Crippen molar-refractivity contribution in [1.82, 2.24) is 4.98 Å². The molecule has 0 amide bonds. The zero-order chi connectivity index (χ0) is 9.26. The Kier molecular flexibility index (Phi) is 2.65. The molecule has 3 atom stereocenters. The zero-order valence-electron chi connectivity index (χ0n) is 7.94. The molecule has 0 aromatic carbocycles. The molecule has 0 saturated heterocycles. The predicted molar refractivity (Wildman–Crippen MR) is 55.8 cm³/mol. The van der Waals surface area contributed by atoms with Crippen LogP contribution in [-0.4, -0.2) is 11.0 Å². The molecule has 1 aromatic rings. The summed E-state index contributed by atoms with van der Waals surface area (Å²) in [7, 11) is 0. The molecule has 1 aromatic heterocycles. The summed E-state index contributed by atoms with van der Waals surface area (Å²) >= 11 is 1.77. The first kappa shape index (κ1) is 9.16. The van der Waals surface area contributed by atoms with Gasteiger partial charge in [0, 0.05) is 17.1 Å². The third-order valence-electron chi connectivity index (χ3n) is 3.05. The molecule has 2 N–H and O–H groups in total. The molecule has 3 unspecified atom stereocenters. The van der Waals surface area contributed by atoms with E-state index in [0.717, 1.165) is 12.3 Å². The summed E-state index contributed by atoms with van der Waals surface area (Å²) in [6.45, 7) is 2.33. The summed E-state index contributed by atoms with van der Waals surface area (Å²) < 4.78 is 0. The standard InChI is InChI=1S/C10H16N2S/c1-7-2-3-8(11)4-9(7)10-5-12-6-13-10/h5-9H,2-4,11H2,1H3. The van der Waals surface area contributed by atoms with Crippen LogP contribution in [-0.2, 0) is 0 Å². The number of aromatic nitrogens is 1. The minimum Gasteiger partial charge on any atom is -0.328 e. The van der Waals surface area contributed by atoms with Gasteiger partial charge in [0.15, 0.2) is 0 Å². The molecule has 1 aliphatic carbocycles. The Hall–Kier alpha value is -0.410. The first-order valence-corrected chi connectivity index (χ1v) is 5.79. The lowest BCUT2D eigenvalue weighted by Gasteiger charge is -2.31. The van der Waals surface area contributed by atoms with Gasteiger partial charge < -0.3 is 5.73 Å². The first-order chi connectivity index (χ1) is 6.27. The maximum absolute atomic E-state index is 5.98. The third-order valence-corrected chi connectivity index (χ3v) is 3.96. The van der Waals surface area contributed by atoms with Gasteiger partial charge in [-0.1, -0.05) is 6.92 Å². The molecule has 0 aliphatic heterocycles. The Bertz CT molecular complexity index is 258. The van der Waals surface area contributed by atoms with Gasteiger partial charge in [-0.3, -0.25) is 4.98 Å². The van der Waals surface area contributed by atoms with Crippen LogP contribution in [0.3, 0.4) is 0 Å². The van der Waals surface area contributed by atoms with E-state index in [0.29, 0.717) is 12.0 Å². The van der Waals surface area contributed by atoms with Gasteiger partial charge in [-0.15, -0.1) is 11.3 Å². The molecule has 0 spiro atoms. The lowest BCUT2D eigenvalue weighted by molar-refractivity contribution is 0.303. The van der Waals surface area contributed by atoms with Gasteiger partial charge in [0.2, 0.25) is 0 Å². The van der Waals surface area contributed by atoms with E-state index < -0.39 is 0 Å². The van der Waals surface area contributed by atoms with E-state index in [2.05, 4.69) is 11.9 Å². The molecule has 1 aliphatic rings.